The predicted octanol–water partition coefficient (Wildman–Crippen LogP) is 4.84. The van der Waals surface area contributed by atoms with E-state index in [1.807, 2.05) is 0 Å². The van der Waals surface area contributed by atoms with Crippen molar-refractivity contribution < 1.29 is 31.4 Å². The van der Waals surface area contributed by atoms with Crippen LogP contribution in [0.2, 0.25) is 0 Å². The van der Waals surface area contributed by atoms with Crippen molar-refractivity contribution in [1.29, 1.82) is 0 Å². The zero-order valence-electron chi connectivity index (χ0n) is 11.3. The summed E-state index contributed by atoms with van der Waals surface area (Å²) in [5.41, 5.74) is -1.37. The molecule has 0 aliphatic rings. The second-order valence-corrected chi connectivity index (χ2v) is 4.37. The van der Waals surface area contributed by atoms with E-state index in [1.54, 1.807) is 0 Å². The average Bonchev–Trinajstić information content (AvgIpc) is 2.46. The highest BCUT2D eigenvalue weighted by molar-refractivity contribution is 5.32. The zero-order valence-corrected chi connectivity index (χ0v) is 11.3. The molecule has 2 rings (SSSR count). The summed E-state index contributed by atoms with van der Waals surface area (Å²) < 4.78 is 74.4. The lowest BCUT2D eigenvalue weighted by atomic mass is 10.2. The van der Waals surface area contributed by atoms with Crippen LogP contribution in [-0.4, -0.2) is 7.11 Å². The first-order valence-corrected chi connectivity index (χ1v) is 6.11. The van der Waals surface area contributed by atoms with Crippen molar-refractivity contribution in [2.45, 2.75) is 12.3 Å². The molecule has 0 unspecified atom stereocenters. The summed E-state index contributed by atoms with van der Waals surface area (Å²) in [6.45, 7) is 0. The van der Waals surface area contributed by atoms with Crippen molar-refractivity contribution >= 4 is 0 Å². The summed E-state index contributed by atoms with van der Waals surface area (Å²) in [5, 5.41) is 0. The average molecular weight is 318 g/mol. The Hall–Kier alpha value is -2.31. The predicted molar refractivity (Wildman–Crippen MR) is 69.0 cm³/mol. The van der Waals surface area contributed by atoms with Crippen molar-refractivity contribution in [1.82, 2.24) is 0 Å². The Morgan fingerprint density at radius 3 is 1.59 bits per heavy atom. The summed E-state index contributed by atoms with van der Waals surface area (Å²) in [4.78, 5) is 0. The van der Waals surface area contributed by atoms with Crippen LogP contribution in [0.15, 0.2) is 48.5 Å². The van der Waals surface area contributed by atoms with Gasteiger partial charge in [0, 0.05) is 0 Å². The molecular weight excluding hydrogens is 307 g/mol. The molecule has 118 valence electrons. The monoisotopic (exact) mass is 318 g/mol. The van der Waals surface area contributed by atoms with Crippen LogP contribution in [0.1, 0.15) is 11.1 Å². The van der Waals surface area contributed by atoms with Crippen LogP contribution < -0.4 is 9.47 Å². The van der Waals surface area contributed by atoms with Gasteiger partial charge in [0.2, 0.25) is 0 Å². The lowest BCUT2D eigenvalue weighted by Crippen LogP contribution is -2.21. The van der Waals surface area contributed by atoms with Crippen LogP contribution in [0.4, 0.5) is 22.0 Å². The van der Waals surface area contributed by atoms with Crippen LogP contribution in [0.3, 0.4) is 0 Å². The minimum Gasteiger partial charge on any atom is -0.497 e. The number of alkyl halides is 5. The maximum atomic E-state index is 13.9. The molecule has 2 aromatic rings. The molecule has 0 fully saturated rings. The Morgan fingerprint density at radius 2 is 1.14 bits per heavy atom. The zero-order chi connectivity index (χ0) is 16.4. The Balaban J connectivity index is 2.17. The molecule has 0 heterocycles. The summed E-state index contributed by atoms with van der Waals surface area (Å²) in [7, 11) is 1.39. The molecule has 0 spiro atoms. The van der Waals surface area contributed by atoms with Crippen molar-refractivity contribution in [3.63, 3.8) is 0 Å². The summed E-state index contributed by atoms with van der Waals surface area (Å²) >= 11 is 0. The van der Waals surface area contributed by atoms with E-state index < -0.39 is 23.4 Å². The van der Waals surface area contributed by atoms with E-state index in [0.29, 0.717) is 17.9 Å². The maximum absolute atomic E-state index is 13.9. The van der Waals surface area contributed by atoms with Gasteiger partial charge in [0.25, 0.3) is 0 Å². The molecule has 0 amide bonds. The highest BCUT2D eigenvalue weighted by Crippen LogP contribution is 2.34. The van der Waals surface area contributed by atoms with E-state index in [1.165, 1.54) is 19.2 Å². The lowest BCUT2D eigenvalue weighted by Gasteiger charge is -2.19. The number of halogens is 5. The van der Waals surface area contributed by atoms with E-state index >= 15 is 0 Å². The van der Waals surface area contributed by atoms with Gasteiger partial charge in [-0.1, -0.05) is 0 Å². The standard InChI is InChI=1S/C15H11F5O2/c1-21-12-6-4-11(5-7-12)15(19,20)22-13-8-2-10(3-9-13)14(16,17)18/h2-9H,1H3. The van der Waals surface area contributed by atoms with Gasteiger partial charge >= 0.3 is 12.3 Å². The van der Waals surface area contributed by atoms with Gasteiger partial charge in [-0.15, -0.1) is 0 Å². The van der Waals surface area contributed by atoms with E-state index in [0.717, 1.165) is 24.3 Å². The van der Waals surface area contributed by atoms with Crippen molar-refractivity contribution in [3.8, 4) is 11.5 Å². The molecule has 0 aliphatic carbocycles. The number of rotatable bonds is 4. The molecule has 0 saturated carbocycles. The Bertz CT molecular complexity index is 618. The van der Waals surface area contributed by atoms with Gasteiger partial charge in [0.15, 0.2) is 0 Å². The first-order valence-electron chi connectivity index (χ1n) is 6.11. The molecule has 0 N–H and O–H groups in total. The molecule has 0 atom stereocenters. The third-order valence-electron chi connectivity index (χ3n) is 2.85. The quantitative estimate of drug-likeness (QED) is 0.751. The molecule has 2 nitrogen and oxygen atoms in total. The van der Waals surface area contributed by atoms with Gasteiger partial charge in [0.05, 0.1) is 18.2 Å². The normalized spacial score (nSPS) is 12.1. The molecular formula is C15H11F5O2. The fourth-order valence-electron chi connectivity index (χ4n) is 1.70. The molecule has 0 saturated heterocycles. The first-order chi connectivity index (χ1) is 10.2. The molecule has 0 bridgehead atoms. The van der Waals surface area contributed by atoms with Crippen molar-refractivity contribution in [2.24, 2.45) is 0 Å². The molecule has 0 aromatic heterocycles. The van der Waals surface area contributed by atoms with Gasteiger partial charge < -0.3 is 9.47 Å². The highest BCUT2D eigenvalue weighted by atomic mass is 19.4. The fourth-order valence-corrected chi connectivity index (χ4v) is 1.70. The molecule has 22 heavy (non-hydrogen) atoms. The topological polar surface area (TPSA) is 18.5 Å². The Kier molecular flexibility index (Phi) is 4.25. The number of benzene rings is 2. The van der Waals surface area contributed by atoms with Gasteiger partial charge in [-0.2, -0.15) is 22.0 Å². The number of hydrogen-bond acceptors (Lipinski definition) is 2. The Morgan fingerprint density at radius 1 is 0.682 bits per heavy atom. The van der Waals surface area contributed by atoms with Crippen LogP contribution in [-0.2, 0) is 12.3 Å². The van der Waals surface area contributed by atoms with E-state index in [2.05, 4.69) is 4.74 Å². The van der Waals surface area contributed by atoms with Crippen LogP contribution in [0.5, 0.6) is 11.5 Å². The number of methoxy groups -OCH3 is 1. The third-order valence-corrected chi connectivity index (χ3v) is 2.85. The van der Waals surface area contributed by atoms with Crippen LogP contribution >= 0.6 is 0 Å². The van der Waals surface area contributed by atoms with E-state index in [4.69, 9.17) is 4.74 Å². The summed E-state index contributed by atoms with van der Waals surface area (Å²) in [6.07, 6.45) is -8.21. The second-order valence-electron chi connectivity index (χ2n) is 4.37. The largest absolute Gasteiger partial charge is 0.497 e. The van der Waals surface area contributed by atoms with E-state index in [-0.39, 0.29) is 5.75 Å². The second kappa shape index (κ2) is 5.82. The lowest BCUT2D eigenvalue weighted by molar-refractivity contribution is -0.185. The van der Waals surface area contributed by atoms with Crippen LogP contribution in [0.25, 0.3) is 0 Å². The summed E-state index contributed by atoms with van der Waals surface area (Å²) in [6, 6.07) is 7.95. The SMILES string of the molecule is COc1ccc(C(F)(F)Oc2ccc(C(F)(F)F)cc2)cc1. The van der Waals surface area contributed by atoms with Gasteiger partial charge in [0.1, 0.15) is 11.5 Å². The third kappa shape index (κ3) is 3.66. The smallest absolute Gasteiger partial charge is 0.426 e. The van der Waals surface area contributed by atoms with Crippen molar-refractivity contribution in [3.05, 3.63) is 59.7 Å². The maximum Gasteiger partial charge on any atom is 0.426 e. The number of hydrogen-bond donors (Lipinski definition) is 0. The Labute approximate surface area is 123 Å². The number of ether oxygens (including phenoxy) is 2. The molecule has 7 heteroatoms. The van der Waals surface area contributed by atoms with Gasteiger partial charge in [-0.3, -0.25) is 0 Å². The minimum atomic E-state index is -4.53. The first kappa shape index (κ1) is 16.1. The minimum absolute atomic E-state index is 0.367. The summed E-state index contributed by atoms with van der Waals surface area (Å²) in [5.74, 6) is 0.0305. The van der Waals surface area contributed by atoms with E-state index in [9.17, 15) is 22.0 Å². The van der Waals surface area contributed by atoms with Crippen molar-refractivity contribution in [2.75, 3.05) is 7.11 Å². The molecule has 2 aromatic carbocycles. The van der Waals surface area contributed by atoms with Gasteiger partial charge in [-0.05, 0) is 48.5 Å². The van der Waals surface area contributed by atoms with Gasteiger partial charge in [-0.25, -0.2) is 0 Å². The fraction of sp³-hybridized carbons (Fsp3) is 0.200. The molecule has 0 radical (unpaired) electrons. The highest BCUT2D eigenvalue weighted by Gasteiger charge is 2.35. The van der Waals surface area contributed by atoms with Crippen LogP contribution in [0, 0.1) is 0 Å². The molecule has 0 aliphatic heterocycles.